The zero-order valence-corrected chi connectivity index (χ0v) is 19.4. The number of rotatable bonds is 8. The average Bonchev–Trinajstić information content (AvgIpc) is 3.33. The van der Waals surface area contributed by atoms with Crippen LogP contribution >= 0.6 is 0 Å². The number of amides is 1. The van der Waals surface area contributed by atoms with Crippen LogP contribution in [-0.2, 0) is 17.9 Å². The fourth-order valence-electron chi connectivity index (χ4n) is 4.20. The van der Waals surface area contributed by atoms with Crippen LogP contribution in [0.3, 0.4) is 0 Å². The summed E-state index contributed by atoms with van der Waals surface area (Å²) in [6.45, 7) is 2.78. The zero-order valence-electron chi connectivity index (χ0n) is 19.4. The van der Waals surface area contributed by atoms with Gasteiger partial charge in [0.25, 0.3) is 0 Å². The molecule has 1 aliphatic rings. The van der Waals surface area contributed by atoms with Crippen LogP contribution in [0.4, 0.5) is 0 Å². The monoisotopic (exact) mass is 450 g/mol. The third-order valence-corrected chi connectivity index (χ3v) is 6.04. The molecule has 2 aromatic carbocycles. The molecule has 0 atom stereocenters. The van der Waals surface area contributed by atoms with Gasteiger partial charge in [0, 0.05) is 25.1 Å². The van der Waals surface area contributed by atoms with E-state index in [1.165, 1.54) is 0 Å². The summed E-state index contributed by atoms with van der Waals surface area (Å²) in [7, 11) is 5.08. The Morgan fingerprint density at radius 1 is 1.09 bits per heavy atom. The molecule has 174 valence electrons. The minimum Gasteiger partial charge on any atom is -0.493 e. The van der Waals surface area contributed by atoms with Crippen LogP contribution in [0, 0.1) is 5.92 Å². The van der Waals surface area contributed by atoms with Gasteiger partial charge in [-0.25, -0.2) is 0 Å². The second kappa shape index (κ2) is 10.5. The summed E-state index contributed by atoms with van der Waals surface area (Å²) in [4.78, 5) is 21.6. The number of carbonyl (C=O) groups is 1. The summed E-state index contributed by atoms with van der Waals surface area (Å²) < 4.78 is 16.1. The molecule has 0 radical (unpaired) electrons. The van der Waals surface area contributed by atoms with Crippen molar-refractivity contribution in [3.63, 3.8) is 0 Å². The normalized spacial score (nSPS) is 14.8. The Balaban J connectivity index is 1.28. The summed E-state index contributed by atoms with van der Waals surface area (Å²) >= 11 is 0. The molecule has 1 aromatic heterocycles. The summed E-state index contributed by atoms with van der Waals surface area (Å²) in [5.41, 5.74) is 1.95. The second-order valence-corrected chi connectivity index (χ2v) is 8.31. The molecule has 33 heavy (non-hydrogen) atoms. The maximum Gasteiger partial charge on any atom is 0.241 e. The van der Waals surface area contributed by atoms with E-state index in [1.807, 2.05) is 55.6 Å². The van der Waals surface area contributed by atoms with Crippen LogP contribution in [0.1, 0.15) is 24.3 Å². The van der Waals surface area contributed by atoms with Crippen LogP contribution < -0.4 is 9.47 Å². The predicted molar refractivity (Wildman–Crippen MR) is 124 cm³/mol. The number of carbonyl (C=O) groups excluding carboxylic acids is 1. The molecule has 1 aliphatic heterocycles. The van der Waals surface area contributed by atoms with Crippen molar-refractivity contribution in [3.05, 3.63) is 60.0 Å². The smallest absolute Gasteiger partial charge is 0.241 e. The highest BCUT2D eigenvalue weighted by Gasteiger charge is 2.28. The predicted octanol–water partition coefficient (Wildman–Crippen LogP) is 3.62. The molecule has 0 unspecified atom stereocenters. The van der Waals surface area contributed by atoms with E-state index < -0.39 is 0 Å². The van der Waals surface area contributed by atoms with E-state index in [0.29, 0.717) is 36.3 Å². The topological polar surface area (TPSA) is 80.9 Å². The van der Waals surface area contributed by atoms with Crippen LogP contribution in [0.25, 0.3) is 11.4 Å². The van der Waals surface area contributed by atoms with Crippen LogP contribution in [0.5, 0.6) is 11.5 Å². The average molecular weight is 451 g/mol. The van der Waals surface area contributed by atoms with Crippen molar-refractivity contribution >= 4 is 5.91 Å². The first-order chi connectivity index (χ1) is 16.1. The molecule has 1 fully saturated rings. The lowest BCUT2D eigenvalue weighted by atomic mass is 9.95. The van der Waals surface area contributed by atoms with E-state index in [-0.39, 0.29) is 11.8 Å². The van der Waals surface area contributed by atoms with E-state index in [1.54, 1.807) is 19.1 Å². The quantitative estimate of drug-likeness (QED) is 0.518. The van der Waals surface area contributed by atoms with Gasteiger partial charge in [-0.3, -0.25) is 9.69 Å². The number of nitrogens with zero attached hydrogens (tertiary/aromatic N) is 4. The Hall–Kier alpha value is -3.39. The molecule has 1 amide bonds. The number of benzene rings is 2. The van der Waals surface area contributed by atoms with Crippen LogP contribution in [-0.4, -0.2) is 60.2 Å². The van der Waals surface area contributed by atoms with Gasteiger partial charge in [0.2, 0.25) is 17.6 Å². The minimum atomic E-state index is 0.0222. The molecule has 3 aromatic rings. The van der Waals surface area contributed by atoms with Gasteiger partial charge >= 0.3 is 0 Å². The Morgan fingerprint density at radius 2 is 1.82 bits per heavy atom. The number of piperidine rings is 1. The lowest BCUT2D eigenvalue weighted by Gasteiger charge is -2.32. The van der Waals surface area contributed by atoms with Gasteiger partial charge in [-0.1, -0.05) is 41.6 Å². The molecule has 0 bridgehead atoms. The fourth-order valence-corrected chi connectivity index (χ4v) is 4.20. The van der Waals surface area contributed by atoms with Gasteiger partial charge in [-0.05, 0) is 43.6 Å². The molecule has 0 spiro atoms. The van der Waals surface area contributed by atoms with Gasteiger partial charge in [0.05, 0.1) is 20.8 Å². The van der Waals surface area contributed by atoms with Crippen molar-refractivity contribution in [3.8, 4) is 22.9 Å². The van der Waals surface area contributed by atoms with Crippen molar-refractivity contribution in [2.75, 3.05) is 34.4 Å². The standard InChI is InChI=1S/C25H30N4O4/c1-28(16-18-9-10-21(31-2)22(15-18)32-3)25(30)20-11-13-29(14-12-20)17-23-26-24(27-33-23)19-7-5-4-6-8-19/h4-10,15,20H,11-14,16-17H2,1-3H3. The van der Waals surface area contributed by atoms with Crippen molar-refractivity contribution in [2.24, 2.45) is 5.92 Å². The first-order valence-corrected chi connectivity index (χ1v) is 11.1. The largest absolute Gasteiger partial charge is 0.493 e. The maximum atomic E-state index is 13.0. The molecule has 2 heterocycles. The molecular weight excluding hydrogens is 420 g/mol. The van der Waals surface area contributed by atoms with Gasteiger partial charge in [-0.15, -0.1) is 0 Å². The minimum absolute atomic E-state index is 0.0222. The van der Waals surface area contributed by atoms with Gasteiger partial charge in [0.15, 0.2) is 11.5 Å². The summed E-state index contributed by atoms with van der Waals surface area (Å²) in [6, 6.07) is 15.5. The number of aromatic nitrogens is 2. The Kier molecular flexibility index (Phi) is 7.24. The highest BCUT2D eigenvalue weighted by molar-refractivity contribution is 5.78. The molecule has 1 saturated heterocycles. The number of likely N-dealkylation sites (tertiary alicyclic amines) is 1. The van der Waals surface area contributed by atoms with Gasteiger partial charge in [-0.2, -0.15) is 4.98 Å². The SMILES string of the molecule is COc1ccc(CN(C)C(=O)C2CCN(Cc3nc(-c4ccccc4)no3)CC2)cc1OC. The molecule has 0 saturated carbocycles. The highest BCUT2D eigenvalue weighted by Crippen LogP contribution is 2.28. The third kappa shape index (κ3) is 5.51. The van der Waals surface area contributed by atoms with Crippen LogP contribution in [0.15, 0.2) is 53.1 Å². The Morgan fingerprint density at radius 3 is 2.52 bits per heavy atom. The maximum absolute atomic E-state index is 13.0. The van der Waals surface area contributed by atoms with Crippen molar-refractivity contribution in [1.82, 2.24) is 19.9 Å². The summed E-state index contributed by atoms with van der Waals surface area (Å²) in [5.74, 6) is 2.75. The Labute approximate surface area is 194 Å². The molecule has 4 rings (SSSR count). The number of ether oxygens (including phenoxy) is 2. The van der Waals surface area contributed by atoms with E-state index in [2.05, 4.69) is 15.0 Å². The molecule has 0 N–H and O–H groups in total. The number of methoxy groups -OCH3 is 2. The van der Waals surface area contributed by atoms with E-state index in [9.17, 15) is 4.79 Å². The third-order valence-electron chi connectivity index (χ3n) is 6.04. The summed E-state index contributed by atoms with van der Waals surface area (Å²) in [6.07, 6.45) is 1.63. The van der Waals surface area contributed by atoms with Crippen molar-refractivity contribution in [2.45, 2.75) is 25.9 Å². The van der Waals surface area contributed by atoms with Crippen molar-refractivity contribution < 1.29 is 18.8 Å². The summed E-state index contributed by atoms with van der Waals surface area (Å²) in [5, 5.41) is 4.09. The van der Waals surface area contributed by atoms with E-state index >= 15 is 0 Å². The lowest BCUT2D eigenvalue weighted by molar-refractivity contribution is -0.136. The van der Waals surface area contributed by atoms with E-state index in [4.69, 9.17) is 14.0 Å². The van der Waals surface area contributed by atoms with Crippen molar-refractivity contribution in [1.29, 1.82) is 0 Å². The first-order valence-electron chi connectivity index (χ1n) is 11.1. The lowest BCUT2D eigenvalue weighted by Crippen LogP contribution is -2.40. The number of hydrogen-bond acceptors (Lipinski definition) is 7. The van der Waals surface area contributed by atoms with Crippen LogP contribution in [0.2, 0.25) is 0 Å². The number of hydrogen-bond donors (Lipinski definition) is 0. The first kappa shape index (κ1) is 22.8. The van der Waals surface area contributed by atoms with E-state index in [0.717, 1.165) is 37.1 Å². The molecule has 8 heteroatoms. The van der Waals surface area contributed by atoms with Gasteiger partial charge in [0.1, 0.15) is 0 Å². The molecular formula is C25H30N4O4. The second-order valence-electron chi connectivity index (χ2n) is 8.31. The molecule has 0 aliphatic carbocycles. The Bertz CT molecular complexity index is 1060. The molecule has 8 nitrogen and oxygen atoms in total. The zero-order chi connectivity index (χ0) is 23.2. The van der Waals surface area contributed by atoms with Gasteiger partial charge < -0.3 is 18.9 Å². The fraction of sp³-hybridized carbons (Fsp3) is 0.400. The highest BCUT2D eigenvalue weighted by atomic mass is 16.5.